The second-order valence-electron chi connectivity index (χ2n) is 0. The van der Waals surface area contributed by atoms with Gasteiger partial charge in [-0.05, 0) is 0 Å². The first kappa shape index (κ1) is 25.5. The Morgan fingerprint density at radius 3 is 0.571 bits per heavy atom. The van der Waals surface area contributed by atoms with Crippen LogP contribution in [0.5, 0.6) is 0 Å². The SMILES string of the molecule is [Al+3].[BH3-]N.[BH3-]N.[BH3-]N. The fourth-order valence-electron chi connectivity index (χ4n) is 0. The van der Waals surface area contributed by atoms with E-state index in [9.17, 15) is 0 Å². The molecular formula is H15AlB3N3. The molecular weight excluding hydrogens is 101 g/mol. The van der Waals surface area contributed by atoms with E-state index in [1.54, 1.807) is 0 Å². The topological polar surface area (TPSA) is 78.1 Å². The third-order valence-corrected chi connectivity index (χ3v) is 0. The molecule has 0 aliphatic rings. The molecule has 0 atom stereocenters. The molecule has 0 aliphatic carbocycles. The smallest absolute Gasteiger partial charge is 0.510 e. The van der Waals surface area contributed by atoms with Gasteiger partial charge in [0.05, 0.1) is 0 Å². The molecule has 0 bridgehead atoms. The molecule has 3 nitrogen and oxygen atoms in total. The zero-order valence-corrected chi connectivity index (χ0v) is 3.46. The van der Waals surface area contributed by atoms with Gasteiger partial charge in [0.15, 0.2) is 0 Å². The molecule has 6 N–H and O–H groups in total. The second-order valence-corrected chi connectivity index (χ2v) is 0. The summed E-state index contributed by atoms with van der Waals surface area (Å²) in [6, 6.07) is 0. The third-order valence-electron chi connectivity index (χ3n) is 0. The molecule has 0 fully saturated rings. The molecule has 42 valence electrons. The largest absolute Gasteiger partial charge is 3.00 e. The van der Waals surface area contributed by atoms with Gasteiger partial charge >= 0.3 is 17.4 Å². The molecule has 0 heterocycles. The number of hydrogen-bond acceptors (Lipinski definition) is 3. The van der Waals surface area contributed by atoms with Crippen LogP contribution in [0.25, 0.3) is 0 Å². The Hall–Kier alpha value is 0.607. The fraction of sp³-hybridized carbons (Fsp3) is 0. The van der Waals surface area contributed by atoms with Gasteiger partial charge in [0.25, 0.3) is 0 Å². The molecule has 0 rings (SSSR count). The van der Waals surface area contributed by atoms with Crippen molar-refractivity contribution in [2.45, 2.75) is 0 Å². The van der Waals surface area contributed by atoms with Crippen LogP contribution in [0.3, 0.4) is 0 Å². The summed E-state index contributed by atoms with van der Waals surface area (Å²) in [4.78, 5) is 0. The van der Waals surface area contributed by atoms with Gasteiger partial charge in [-0.1, -0.05) is 0 Å². The zero-order chi connectivity index (χ0) is 6.00. The van der Waals surface area contributed by atoms with E-state index in [0.717, 1.165) is 0 Å². The van der Waals surface area contributed by atoms with Gasteiger partial charge in [0.2, 0.25) is 0 Å². The van der Waals surface area contributed by atoms with Crippen LogP contribution in [0.1, 0.15) is 0 Å². The van der Waals surface area contributed by atoms with E-state index in [4.69, 9.17) is 16.9 Å². The Kier molecular flexibility index (Phi) is 2050. The second kappa shape index (κ2) is 563. The first-order valence-electron chi connectivity index (χ1n) is 0. The third kappa shape index (κ3) is 380. The minimum atomic E-state index is 0. The van der Waals surface area contributed by atoms with E-state index < -0.39 is 0 Å². The Labute approximate surface area is 58.8 Å². The summed E-state index contributed by atoms with van der Waals surface area (Å²) in [5.41, 5.74) is 14.2. The molecule has 0 unspecified atom stereocenters. The summed E-state index contributed by atoms with van der Waals surface area (Å²) >= 11 is 0. The van der Waals surface area contributed by atoms with Crippen molar-refractivity contribution in [2.75, 3.05) is 0 Å². The zero-order valence-electron chi connectivity index (χ0n) is 2.31. The van der Waals surface area contributed by atoms with Crippen LogP contribution in [-0.4, -0.2) is 41.3 Å². The standard InChI is InChI=1S/Al.3BH5N/c;3*1-2/h;3*2H2,1H3/q+3;3*-1. The monoisotopic (exact) mass is 117 g/mol. The molecule has 0 aliphatic heterocycles. The Bertz CT molecular complexity index is 10.1. The first-order valence-corrected chi connectivity index (χ1v) is 0. The molecule has 0 saturated carbocycles. The van der Waals surface area contributed by atoms with Crippen LogP contribution in [0.4, 0.5) is 0 Å². The van der Waals surface area contributed by atoms with Gasteiger partial charge in [-0.15, -0.1) is 0 Å². The minimum absolute atomic E-state index is 0. The summed E-state index contributed by atoms with van der Waals surface area (Å²) in [5.74, 6) is 0. The van der Waals surface area contributed by atoms with Crippen LogP contribution in [-0.2, 0) is 0 Å². The summed E-state index contributed by atoms with van der Waals surface area (Å²) in [6.07, 6.45) is 0. The van der Waals surface area contributed by atoms with E-state index in [1.807, 2.05) is 0 Å². The minimum Gasteiger partial charge on any atom is -0.510 e. The van der Waals surface area contributed by atoms with E-state index >= 15 is 0 Å². The van der Waals surface area contributed by atoms with Crippen molar-refractivity contribution >= 4 is 41.3 Å². The van der Waals surface area contributed by atoms with E-state index in [-0.39, 0.29) is 41.3 Å². The average Bonchev–Trinajstić information content (AvgIpc) is 1.81. The van der Waals surface area contributed by atoms with Gasteiger partial charge in [0.1, 0.15) is 0 Å². The van der Waals surface area contributed by atoms with Crippen molar-refractivity contribution in [3.63, 3.8) is 0 Å². The molecule has 0 amide bonds. The molecule has 0 spiro atoms. The summed E-state index contributed by atoms with van der Waals surface area (Å²) in [7, 11) is 0.750. The maximum absolute atomic E-state index is 4.75. The average molecular weight is 117 g/mol. The van der Waals surface area contributed by atoms with Crippen molar-refractivity contribution in [3.8, 4) is 0 Å². The molecule has 0 saturated heterocycles. The van der Waals surface area contributed by atoms with Crippen LogP contribution in [0, 0.1) is 0 Å². The maximum Gasteiger partial charge on any atom is 3.00 e. The van der Waals surface area contributed by atoms with Crippen LogP contribution < -0.4 is 16.9 Å². The first-order chi connectivity index (χ1) is 3.00. The molecule has 7 heavy (non-hydrogen) atoms. The van der Waals surface area contributed by atoms with E-state index in [0.29, 0.717) is 0 Å². The van der Waals surface area contributed by atoms with Gasteiger partial charge < -0.3 is 16.9 Å². The predicted octanol–water partition coefficient (Wildman–Crippen LogP) is -5.70. The molecule has 7 heteroatoms. The number of hydrogen-bond donors (Lipinski definition) is 3. The van der Waals surface area contributed by atoms with Gasteiger partial charge in [-0.3, -0.25) is 0 Å². The number of rotatable bonds is 0. The predicted molar refractivity (Wildman–Crippen MR) is 48.1 cm³/mol. The quantitative estimate of drug-likeness (QED) is 0.276. The van der Waals surface area contributed by atoms with Crippen molar-refractivity contribution in [3.05, 3.63) is 0 Å². The van der Waals surface area contributed by atoms with Crippen molar-refractivity contribution in [1.29, 1.82) is 0 Å². The Morgan fingerprint density at radius 1 is 0.571 bits per heavy atom. The van der Waals surface area contributed by atoms with Gasteiger partial charge in [0, 0.05) is 23.9 Å². The molecule has 0 aromatic carbocycles. The van der Waals surface area contributed by atoms with Gasteiger partial charge in [-0.2, -0.15) is 0 Å². The van der Waals surface area contributed by atoms with Crippen molar-refractivity contribution < 1.29 is 0 Å². The summed E-state index contributed by atoms with van der Waals surface area (Å²) in [5, 5.41) is 0. The van der Waals surface area contributed by atoms with E-state index in [1.165, 1.54) is 0 Å². The Morgan fingerprint density at radius 2 is 0.571 bits per heavy atom. The summed E-state index contributed by atoms with van der Waals surface area (Å²) < 4.78 is 0. The van der Waals surface area contributed by atoms with Crippen LogP contribution in [0.15, 0.2) is 0 Å². The van der Waals surface area contributed by atoms with Gasteiger partial charge in [-0.25, -0.2) is 0 Å². The molecule has 0 radical (unpaired) electrons. The molecule has 0 aromatic heterocycles. The van der Waals surface area contributed by atoms with E-state index in [2.05, 4.69) is 0 Å². The van der Waals surface area contributed by atoms with Crippen molar-refractivity contribution in [2.24, 2.45) is 16.9 Å². The maximum atomic E-state index is 4.75. The molecule has 0 aromatic rings. The fourth-order valence-corrected chi connectivity index (χ4v) is 0. The summed E-state index contributed by atoms with van der Waals surface area (Å²) in [6.45, 7) is 0. The number of nitrogens with two attached hydrogens (primary N) is 3. The Balaban J connectivity index is -0.00000000900. The van der Waals surface area contributed by atoms with Crippen LogP contribution >= 0.6 is 0 Å². The van der Waals surface area contributed by atoms with Crippen LogP contribution in [0.2, 0.25) is 0 Å². The van der Waals surface area contributed by atoms with Crippen molar-refractivity contribution in [1.82, 2.24) is 0 Å². The normalized spacial score (nSPS) is 2.57.